The highest BCUT2D eigenvalue weighted by molar-refractivity contribution is 7.93. The molecule has 6 nitrogen and oxygen atoms in total. The van der Waals surface area contributed by atoms with Crippen molar-refractivity contribution in [1.82, 2.24) is 4.98 Å². The van der Waals surface area contributed by atoms with Gasteiger partial charge in [-0.25, -0.2) is 9.78 Å². The first-order valence-electron chi connectivity index (χ1n) is 10.4. The predicted molar refractivity (Wildman–Crippen MR) is 117 cm³/mol. The van der Waals surface area contributed by atoms with Gasteiger partial charge in [-0.05, 0) is 70.3 Å². The van der Waals surface area contributed by atoms with Gasteiger partial charge in [-0.15, -0.1) is 0 Å². The molecular formula is C23H31NO5S. The zero-order valence-electron chi connectivity index (χ0n) is 18.1. The van der Waals surface area contributed by atoms with Gasteiger partial charge in [0.05, 0.1) is 12.7 Å². The molecule has 1 aromatic carbocycles. The first-order valence-corrected chi connectivity index (χ1v) is 11.8. The fraction of sp³-hybridized carbons (Fsp3) is 0.565. The Hall–Kier alpha value is -1.83. The first-order chi connectivity index (χ1) is 14.2. The van der Waals surface area contributed by atoms with Crippen LogP contribution in [0.25, 0.3) is 11.5 Å². The van der Waals surface area contributed by atoms with E-state index in [0.717, 1.165) is 42.7 Å². The second-order valence-electron chi connectivity index (χ2n) is 8.68. The zero-order chi connectivity index (χ0) is 21.9. The first kappa shape index (κ1) is 22.8. The molecule has 0 radical (unpaired) electrons. The number of carbonyl (C=O) groups is 1. The molecule has 1 saturated carbocycles. The summed E-state index contributed by atoms with van der Waals surface area (Å²) in [6.07, 6.45) is 3.76. The van der Waals surface area contributed by atoms with Gasteiger partial charge in [0.1, 0.15) is 17.2 Å². The summed E-state index contributed by atoms with van der Waals surface area (Å²) in [7, 11) is 0. The Labute approximate surface area is 181 Å². The van der Waals surface area contributed by atoms with Gasteiger partial charge in [0.15, 0.2) is 0 Å². The lowest BCUT2D eigenvalue weighted by atomic mass is 9.88. The number of nitrogens with zero attached hydrogens (tertiary/aromatic N) is 1. The number of ether oxygens (including phenoxy) is 1. The minimum absolute atomic E-state index is 0.0626. The maximum absolute atomic E-state index is 12.5. The maximum atomic E-state index is 12.5. The molecule has 30 heavy (non-hydrogen) atoms. The van der Waals surface area contributed by atoms with E-state index < -0.39 is 21.9 Å². The highest BCUT2D eigenvalue weighted by Crippen LogP contribution is 2.31. The summed E-state index contributed by atoms with van der Waals surface area (Å²) in [6, 6.07) is 8.05. The van der Waals surface area contributed by atoms with Crippen LogP contribution >= 0.6 is 0 Å². The van der Waals surface area contributed by atoms with Crippen LogP contribution in [0.5, 0.6) is 0 Å². The van der Waals surface area contributed by atoms with Gasteiger partial charge in [-0.3, -0.25) is 0 Å². The third kappa shape index (κ3) is 5.45. The Morgan fingerprint density at radius 3 is 2.67 bits per heavy atom. The molecule has 1 heterocycles. The molecule has 3 rings (SSSR count). The highest BCUT2D eigenvalue weighted by Gasteiger charge is 2.42. The van der Waals surface area contributed by atoms with Crippen LogP contribution in [0.15, 0.2) is 28.7 Å². The van der Waals surface area contributed by atoms with Crippen molar-refractivity contribution in [3.8, 4) is 11.5 Å². The summed E-state index contributed by atoms with van der Waals surface area (Å²) < 4.78 is 23.3. The number of aromatic nitrogens is 1. The molecule has 1 unspecified atom stereocenters. The molecule has 164 valence electrons. The van der Waals surface area contributed by atoms with Gasteiger partial charge in [0.2, 0.25) is 10.6 Å². The lowest BCUT2D eigenvalue weighted by Crippen LogP contribution is -2.44. The van der Waals surface area contributed by atoms with Crippen molar-refractivity contribution in [2.75, 3.05) is 5.75 Å². The second kappa shape index (κ2) is 9.54. The molecule has 0 spiro atoms. The zero-order valence-corrected chi connectivity index (χ0v) is 19.0. The topological polar surface area (TPSA) is 95.6 Å². The van der Waals surface area contributed by atoms with Crippen LogP contribution in [0.4, 0.5) is 0 Å². The average Bonchev–Trinajstić information content (AvgIpc) is 3.07. The summed E-state index contributed by atoms with van der Waals surface area (Å²) in [5, 5.41) is 9.29. The Bertz CT molecular complexity index is 861. The largest absolute Gasteiger partial charge is 0.615 e. The third-order valence-electron chi connectivity index (χ3n) is 5.85. The standard InChI is InChI=1S/C23H31NO5S/c1-15-8-10-18(11-9-15)21-24-20(16(2)29-21)13-28-19-7-5-6-17(12-19)14-30(27)23(3,4)22(25)26/h8-11,17,19H,5-7,12-14H2,1-4H3,(H,25,26)/t17-,19+,30?/m0/s1. The van der Waals surface area contributed by atoms with Gasteiger partial charge in [0.25, 0.3) is 0 Å². The summed E-state index contributed by atoms with van der Waals surface area (Å²) in [4.78, 5) is 16.0. The van der Waals surface area contributed by atoms with E-state index in [4.69, 9.17) is 9.15 Å². The molecule has 1 aliphatic carbocycles. The lowest BCUT2D eigenvalue weighted by Gasteiger charge is -2.32. The van der Waals surface area contributed by atoms with Gasteiger partial charge >= 0.3 is 5.97 Å². The quantitative estimate of drug-likeness (QED) is 0.609. The number of carboxylic acids is 1. The molecule has 0 bridgehead atoms. The third-order valence-corrected chi connectivity index (χ3v) is 7.94. The molecule has 0 aliphatic heterocycles. The van der Waals surface area contributed by atoms with Crippen molar-refractivity contribution in [3.05, 3.63) is 41.3 Å². The molecule has 7 heteroatoms. The van der Waals surface area contributed by atoms with Crippen LogP contribution in [0, 0.1) is 19.8 Å². The van der Waals surface area contributed by atoms with Crippen LogP contribution in [-0.4, -0.2) is 37.2 Å². The molecule has 1 N–H and O–H groups in total. The fourth-order valence-corrected chi connectivity index (χ4v) is 4.98. The summed E-state index contributed by atoms with van der Waals surface area (Å²) in [6.45, 7) is 7.37. The minimum atomic E-state index is -1.42. The molecule has 2 aromatic rings. The summed E-state index contributed by atoms with van der Waals surface area (Å²) in [5.74, 6) is 0.945. The van der Waals surface area contributed by atoms with Crippen LogP contribution in [-0.2, 0) is 27.3 Å². The van der Waals surface area contributed by atoms with E-state index in [1.54, 1.807) is 0 Å². The van der Waals surface area contributed by atoms with E-state index in [2.05, 4.69) is 4.98 Å². The normalized spacial score (nSPS) is 20.8. The van der Waals surface area contributed by atoms with Gasteiger partial charge in [-0.1, -0.05) is 24.1 Å². The van der Waals surface area contributed by atoms with Crippen molar-refractivity contribution in [2.24, 2.45) is 5.92 Å². The number of oxazole rings is 1. The Kier molecular flexibility index (Phi) is 7.26. The van der Waals surface area contributed by atoms with Crippen molar-refractivity contribution in [1.29, 1.82) is 0 Å². The van der Waals surface area contributed by atoms with Crippen LogP contribution in [0.3, 0.4) is 0 Å². The van der Waals surface area contributed by atoms with Gasteiger partial charge in [-0.2, -0.15) is 0 Å². The van der Waals surface area contributed by atoms with Crippen LogP contribution in [0.2, 0.25) is 0 Å². The van der Waals surface area contributed by atoms with E-state index in [9.17, 15) is 14.5 Å². The lowest BCUT2D eigenvalue weighted by molar-refractivity contribution is -0.139. The van der Waals surface area contributed by atoms with E-state index in [1.807, 2.05) is 38.1 Å². The molecule has 1 fully saturated rings. The Morgan fingerprint density at radius 2 is 2.00 bits per heavy atom. The minimum Gasteiger partial charge on any atom is -0.615 e. The Morgan fingerprint density at radius 1 is 1.30 bits per heavy atom. The Balaban J connectivity index is 1.56. The van der Waals surface area contributed by atoms with E-state index in [1.165, 1.54) is 19.4 Å². The number of hydrogen-bond donors (Lipinski definition) is 1. The molecule has 1 aromatic heterocycles. The van der Waals surface area contributed by atoms with Crippen molar-refractivity contribution < 1.29 is 23.6 Å². The highest BCUT2D eigenvalue weighted by atomic mass is 32.2. The summed E-state index contributed by atoms with van der Waals surface area (Å²) >= 11 is -1.42. The second-order valence-corrected chi connectivity index (χ2v) is 10.7. The molecule has 0 amide bonds. The molecular weight excluding hydrogens is 402 g/mol. The van der Waals surface area contributed by atoms with Crippen LogP contribution in [0.1, 0.15) is 56.5 Å². The SMILES string of the molecule is Cc1ccc(-c2nc(CO[C@@H]3CCC[C@H](C[S+]([O-])C(C)(C)C(=O)O)C3)c(C)o2)cc1. The van der Waals surface area contributed by atoms with E-state index >= 15 is 0 Å². The van der Waals surface area contributed by atoms with Crippen LogP contribution < -0.4 is 0 Å². The van der Waals surface area contributed by atoms with Gasteiger partial charge in [0, 0.05) is 11.5 Å². The number of rotatable bonds is 8. The number of hydrogen-bond acceptors (Lipinski definition) is 5. The number of aryl methyl sites for hydroxylation is 2. The fourth-order valence-electron chi connectivity index (χ4n) is 3.64. The van der Waals surface area contributed by atoms with Gasteiger partial charge < -0.3 is 18.8 Å². The van der Waals surface area contributed by atoms with E-state index in [-0.39, 0.29) is 12.0 Å². The number of benzene rings is 1. The van der Waals surface area contributed by atoms with Crippen molar-refractivity contribution in [3.63, 3.8) is 0 Å². The predicted octanol–water partition coefficient (Wildman–Crippen LogP) is 4.65. The van der Waals surface area contributed by atoms with Crippen molar-refractivity contribution in [2.45, 2.75) is 70.8 Å². The maximum Gasteiger partial charge on any atom is 0.359 e. The average molecular weight is 434 g/mol. The number of carboxylic acid groups (broad SMARTS) is 1. The monoisotopic (exact) mass is 433 g/mol. The number of aliphatic carboxylic acids is 1. The van der Waals surface area contributed by atoms with E-state index in [0.29, 0.717) is 18.3 Å². The smallest absolute Gasteiger partial charge is 0.359 e. The molecule has 0 saturated heterocycles. The molecule has 1 aliphatic rings. The van der Waals surface area contributed by atoms with Crippen molar-refractivity contribution >= 4 is 17.1 Å². The summed E-state index contributed by atoms with van der Waals surface area (Å²) in [5.41, 5.74) is 2.92. The molecule has 3 atom stereocenters.